The quantitative estimate of drug-likeness (QED) is 0.790. The van der Waals surface area contributed by atoms with Gasteiger partial charge < -0.3 is 10.5 Å². The lowest BCUT2D eigenvalue weighted by molar-refractivity contribution is -0.137. The van der Waals surface area contributed by atoms with Crippen LogP contribution < -0.4 is 10.5 Å². The number of fused-ring (bicyclic) bond motifs is 1. The highest BCUT2D eigenvalue weighted by Gasteiger charge is 2.31. The fourth-order valence-corrected chi connectivity index (χ4v) is 2.22. The van der Waals surface area contributed by atoms with E-state index in [1.807, 2.05) is 0 Å². The van der Waals surface area contributed by atoms with Gasteiger partial charge in [-0.05, 0) is 30.3 Å². The molecule has 2 aromatic heterocycles. The van der Waals surface area contributed by atoms with Crippen LogP contribution in [0.1, 0.15) is 5.56 Å². The maximum absolute atomic E-state index is 12.8. The van der Waals surface area contributed by atoms with E-state index in [9.17, 15) is 13.2 Å². The van der Waals surface area contributed by atoms with Crippen molar-refractivity contribution in [2.75, 3.05) is 12.8 Å². The number of hydrogen-bond acceptors (Lipinski definition) is 4. The molecule has 0 radical (unpaired) electrons. The molecule has 0 bridgehead atoms. The van der Waals surface area contributed by atoms with Crippen LogP contribution in [0.25, 0.3) is 16.8 Å². The lowest BCUT2D eigenvalue weighted by Gasteiger charge is -2.13. The summed E-state index contributed by atoms with van der Waals surface area (Å²) in [6.45, 7) is 0. The molecule has 0 atom stereocenters. The summed E-state index contributed by atoms with van der Waals surface area (Å²) in [5, 5.41) is 3.97. The topological polar surface area (TPSA) is 65.4 Å². The SMILES string of the molecule is COc1cc(C(F)(F)F)ccc1-c1cccn2nc(N)nc12. The van der Waals surface area contributed by atoms with Gasteiger partial charge in [-0.2, -0.15) is 18.2 Å². The Hall–Kier alpha value is -2.77. The minimum Gasteiger partial charge on any atom is -0.496 e. The highest BCUT2D eigenvalue weighted by Crippen LogP contribution is 2.38. The van der Waals surface area contributed by atoms with Gasteiger partial charge >= 0.3 is 6.18 Å². The van der Waals surface area contributed by atoms with Crippen LogP contribution in [0, 0.1) is 0 Å². The third kappa shape index (κ3) is 2.32. The molecule has 114 valence electrons. The molecular weight excluding hydrogens is 297 g/mol. The van der Waals surface area contributed by atoms with Gasteiger partial charge in [0, 0.05) is 17.3 Å². The summed E-state index contributed by atoms with van der Waals surface area (Å²) in [4.78, 5) is 4.09. The standard InChI is InChI=1S/C14H11F3N4O/c1-22-11-7-8(14(15,16)17)4-5-9(11)10-3-2-6-21-12(10)19-13(18)20-21/h2-7H,1H3,(H2,18,20). The lowest BCUT2D eigenvalue weighted by Crippen LogP contribution is -2.05. The monoisotopic (exact) mass is 308 g/mol. The van der Waals surface area contributed by atoms with E-state index >= 15 is 0 Å². The summed E-state index contributed by atoms with van der Waals surface area (Å²) in [5.41, 5.74) is 6.29. The highest BCUT2D eigenvalue weighted by atomic mass is 19.4. The predicted octanol–water partition coefficient (Wildman–Crippen LogP) is 3.01. The molecule has 0 aliphatic heterocycles. The summed E-state index contributed by atoms with van der Waals surface area (Å²) in [6, 6.07) is 6.73. The fourth-order valence-electron chi connectivity index (χ4n) is 2.22. The maximum atomic E-state index is 12.8. The first-order valence-corrected chi connectivity index (χ1v) is 6.26. The van der Waals surface area contributed by atoms with Crippen molar-refractivity contribution in [2.24, 2.45) is 0 Å². The van der Waals surface area contributed by atoms with Gasteiger partial charge in [-0.25, -0.2) is 4.52 Å². The Labute approximate surface area is 123 Å². The van der Waals surface area contributed by atoms with Crippen molar-refractivity contribution in [1.29, 1.82) is 0 Å². The number of methoxy groups -OCH3 is 1. The number of benzene rings is 1. The van der Waals surface area contributed by atoms with Gasteiger partial charge in [0.25, 0.3) is 0 Å². The van der Waals surface area contributed by atoms with E-state index in [0.29, 0.717) is 16.8 Å². The molecule has 3 rings (SSSR count). The fraction of sp³-hybridized carbons (Fsp3) is 0.143. The lowest BCUT2D eigenvalue weighted by atomic mass is 10.0. The van der Waals surface area contributed by atoms with Gasteiger partial charge in [0.15, 0.2) is 5.65 Å². The van der Waals surface area contributed by atoms with Gasteiger partial charge in [0.05, 0.1) is 12.7 Å². The zero-order valence-electron chi connectivity index (χ0n) is 11.4. The van der Waals surface area contributed by atoms with E-state index in [2.05, 4.69) is 10.1 Å². The second-order valence-electron chi connectivity index (χ2n) is 4.57. The van der Waals surface area contributed by atoms with Crippen molar-refractivity contribution in [2.45, 2.75) is 6.18 Å². The molecule has 0 fully saturated rings. The van der Waals surface area contributed by atoms with Crippen LogP contribution in [0.15, 0.2) is 36.5 Å². The van der Waals surface area contributed by atoms with Crippen LogP contribution in [0.2, 0.25) is 0 Å². The van der Waals surface area contributed by atoms with Crippen molar-refractivity contribution in [3.8, 4) is 16.9 Å². The molecule has 1 aromatic carbocycles. The van der Waals surface area contributed by atoms with Gasteiger partial charge in [-0.1, -0.05) is 0 Å². The number of halogens is 3. The molecule has 0 saturated heterocycles. The van der Waals surface area contributed by atoms with Crippen molar-refractivity contribution < 1.29 is 17.9 Å². The molecule has 2 N–H and O–H groups in total. The van der Waals surface area contributed by atoms with Crippen LogP contribution in [-0.4, -0.2) is 21.7 Å². The smallest absolute Gasteiger partial charge is 0.416 e. The van der Waals surface area contributed by atoms with Crippen molar-refractivity contribution in [3.05, 3.63) is 42.1 Å². The predicted molar refractivity (Wildman–Crippen MR) is 74.4 cm³/mol. The maximum Gasteiger partial charge on any atom is 0.416 e. The third-order valence-corrected chi connectivity index (χ3v) is 3.20. The molecule has 0 unspecified atom stereocenters. The van der Waals surface area contributed by atoms with Gasteiger partial charge in [-0.15, -0.1) is 5.10 Å². The van der Waals surface area contributed by atoms with E-state index in [-0.39, 0.29) is 11.7 Å². The van der Waals surface area contributed by atoms with Crippen LogP contribution in [0.3, 0.4) is 0 Å². The summed E-state index contributed by atoms with van der Waals surface area (Å²) in [7, 11) is 1.32. The average molecular weight is 308 g/mol. The Balaban J connectivity index is 2.22. The van der Waals surface area contributed by atoms with Crippen LogP contribution >= 0.6 is 0 Å². The van der Waals surface area contributed by atoms with Crippen LogP contribution in [-0.2, 0) is 6.18 Å². The molecule has 3 aromatic rings. The Bertz CT molecular complexity index is 842. The number of nitrogens with two attached hydrogens (primary N) is 1. The Morgan fingerprint density at radius 1 is 1.18 bits per heavy atom. The molecule has 0 spiro atoms. The molecular formula is C14H11F3N4O. The minimum absolute atomic E-state index is 0.0818. The molecule has 0 saturated carbocycles. The van der Waals surface area contributed by atoms with E-state index in [0.717, 1.165) is 12.1 Å². The summed E-state index contributed by atoms with van der Waals surface area (Å²) >= 11 is 0. The minimum atomic E-state index is -4.43. The molecule has 0 aliphatic rings. The number of anilines is 1. The van der Waals surface area contributed by atoms with Crippen molar-refractivity contribution in [1.82, 2.24) is 14.6 Å². The van der Waals surface area contributed by atoms with E-state index in [1.165, 1.54) is 17.7 Å². The number of ether oxygens (including phenoxy) is 1. The number of nitrogen functional groups attached to an aromatic ring is 1. The third-order valence-electron chi connectivity index (χ3n) is 3.20. The van der Waals surface area contributed by atoms with Crippen LogP contribution in [0.4, 0.5) is 19.1 Å². The van der Waals surface area contributed by atoms with Crippen LogP contribution in [0.5, 0.6) is 5.75 Å². The second-order valence-corrected chi connectivity index (χ2v) is 4.57. The Morgan fingerprint density at radius 2 is 1.95 bits per heavy atom. The van der Waals surface area contributed by atoms with Crippen molar-refractivity contribution in [3.63, 3.8) is 0 Å². The van der Waals surface area contributed by atoms with Gasteiger partial charge in [0.2, 0.25) is 5.95 Å². The molecule has 5 nitrogen and oxygen atoms in total. The molecule has 2 heterocycles. The van der Waals surface area contributed by atoms with Crippen molar-refractivity contribution >= 4 is 11.6 Å². The normalized spacial score (nSPS) is 11.8. The number of rotatable bonds is 2. The van der Waals surface area contributed by atoms with E-state index < -0.39 is 11.7 Å². The first-order chi connectivity index (χ1) is 10.4. The number of hydrogen-bond donors (Lipinski definition) is 1. The Morgan fingerprint density at radius 3 is 2.64 bits per heavy atom. The molecule has 8 heteroatoms. The van der Waals surface area contributed by atoms with E-state index in [4.69, 9.17) is 10.5 Å². The summed E-state index contributed by atoms with van der Waals surface area (Å²) in [5.74, 6) is 0.183. The summed E-state index contributed by atoms with van der Waals surface area (Å²) in [6.07, 6.45) is -2.78. The number of aromatic nitrogens is 3. The summed E-state index contributed by atoms with van der Waals surface area (Å²) < 4.78 is 45.0. The molecule has 0 amide bonds. The number of pyridine rings is 1. The Kier molecular flexibility index (Phi) is 3.16. The largest absolute Gasteiger partial charge is 0.496 e. The van der Waals surface area contributed by atoms with E-state index in [1.54, 1.807) is 18.3 Å². The average Bonchev–Trinajstić information content (AvgIpc) is 2.85. The van der Waals surface area contributed by atoms with Gasteiger partial charge in [0.1, 0.15) is 5.75 Å². The first kappa shape index (κ1) is 14.2. The highest BCUT2D eigenvalue weighted by molar-refractivity contribution is 5.82. The number of alkyl halides is 3. The zero-order chi connectivity index (χ0) is 15.9. The molecule has 22 heavy (non-hydrogen) atoms. The second kappa shape index (κ2) is 4.90. The van der Waals surface area contributed by atoms with Gasteiger partial charge in [-0.3, -0.25) is 0 Å². The zero-order valence-corrected chi connectivity index (χ0v) is 11.4. The molecule has 0 aliphatic carbocycles. The number of nitrogens with zero attached hydrogens (tertiary/aromatic N) is 3. The first-order valence-electron chi connectivity index (χ1n) is 6.26.